The zero-order valence-electron chi connectivity index (χ0n) is 34.9. The molecule has 0 bridgehead atoms. The Hall–Kier alpha value is -4.58. The van der Waals surface area contributed by atoms with Crippen molar-refractivity contribution < 1.29 is 48.0 Å². The van der Waals surface area contributed by atoms with Gasteiger partial charge in [0.15, 0.2) is 0 Å². The number of hydrogen-bond acceptors (Lipinski definition) is 14. The molecule has 2 aliphatic rings. The van der Waals surface area contributed by atoms with E-state index in [0.717, 1.165) is 21.3 Å². The van der Waals surface area contributed by atoms with Crippen LogP contribution in [0.3, 0.4) is 0 Å². The average Bonchev–Trinajstić information content (AvgIpc) is 3.77. The quantitative estimate of drug-likeness (QED) is 0.0644. The summed E-state index contributed by atoms with van der Waals surface area (Å²) in [5, 5.41) is 22.7. The van der Waals surface area contributed by atoms with Crippen LogP contribution in [-0.4, -0.2) is 92.8 Å². The first-order chi connectivity index (χ1) is 27.2. The summed E-state index contributed by atoms with van der Waals surface area (Å²) in [6.45, 7) is 19.1. The third-order valence-electron chi connectivity index (χ3n) is 8.88. The molecule has 2 aromatic carbocycles. The van der Waals surface area contributed by atoms with E-state index in [1.807, 2.05) is 13.8 Å². The summed E-state index contributed by atoms with van der Waals surface area (Å²) < 4.78 is 21.5. The van der Waals surface area contributed by atoms with Gasteiger partial charge < -0.3 is 28.7 Å². The molecule has 0 aromatic heterocycles. The van der Waals surface area contributed by atoms with Crippen LogP contribution in [0.1, 0.15) is 105 Å². The standard InChI is InChI=1S/2C20H28N2O6S/c2*1-6-27-18(23)14-10-11-21(19(24)28-20(3,4)5)17(14)15-12-13(22(25)26)8-9-16(15)29-7-2/h2*8-9,12,14,17H,6-7,10-11H2,1-5H3/t2*14-,17?/m10/s1. The molecular weight excluding hydrogens is 793 g/mol. The van der Waals surface area contributed by atoms with Gasteiger partial charge in [0.2, 0.25) is 0 Å². The summed E-state index contributed by atoms with van der Waals surface area (Å²) in [6.07, 6.45) is -0.287. The molecule has 18 heteroatoms. The molecule has 2 fully saturated rings. The highest BCUT2D eigenvalue weighted by molar-refractivity contribution is 7.99. The first-order valence-electron chi connectivity index (χ1n) is 19.3. The van der Waals surface area contributed by atoms with Crippen LogP contribution in [0.25, 0.3) is 0 Å². The molecule has 0 radical (unpaired) electrons. The number of carbonyl (C=O) groups excluding carboxylic acids is 4. The summed E-state index contributed by atoms with van der Waals surface area (Å²) in [5.41, 5.74) is -0.418. The molecule has 2 saturated heterocycles. The lowest BCUT2D eigenvalue weighted by Gasteiger charge is -2.31. The highest BCUT2D eigenvalue weighted by Gasteiger charge is 2.47. The number of rotatable bonds is 12. The predicted octanol–water partition coefficient (Wildman–Crippen LogP) is 9.14. The number of nitrogens with zero attached hydrogens (tertiary/aromatic N) is 4. The number of thioether (sulfide) groups is 2. The summed E-state index contributed by atoms with van der Waals surface area (Å²) in [5.74, 6) is -0.561. The Kier molecular flexibility index (Phi) is 17.2. The lowest BCUT2D eigenvalue weighted by Crippen LogP contribution is -2.38. The highest BCUT2D eigenvalue weighted by atomic mass is 32.2. The number of nitro groups is 2. The molecule has 4 rings (SSSR count). The number of nitro benzene ring substituents is 2. The van der Waals surface area contributed by atoms with Crippen molar-refractivity contribution in [3.8, 4) is 0 Å². The second-order valence-electron chi connectivity index (χ2n) is 15.4. The second kappa shape index (κ2) is 20.9. The lowest BCUT2D eigenvalue weighted by molar-refractivity contribution is -0.385. The normalized spacial score (nSPS) is 19.1. The Morgan fingerprint density at radius 3 is 1.28 bits per heavy atom. The van der Waals surface area contributed by atoms with E-state index in [2.05, 4.69) is 0 Å². The molecule has 2 heterocycles. The van der Waals surface area contributed by atoms with Gasteiger partial charge in [-0.15, -0.1) is 23.5 Å². The molecular formula is C40H56N4O12S2. The van der Waals surface area contributed by atoms with Gasteiger partial charge in [-0.1, -0.05) is 13.8 Å². The van der Waals surface area contributed by atoms with E-state index in [0.29, 0.717) is 37.1 Å². The van der Waals surface area contributed by atoms with Crippen LogP contribution in [-0.2, 0) is 28.5 Å². The minimum atomic E-state index is -0.701. The number of hydrogen-bond donors (Lipinski definition) is 0. The number of likely N-dealkylation sites (tertiary alicyclic amines) is 2. The zero-order chi connectivity index (χ0) is 43.5. The van der Waals surface area contributed by atoms with Crippen molar-refractivity contribution >= 4 is 59.0 Å². The summed E-state index contributed by atoms with van der Waals surface area (Å²) in [7, 11) is 0. The topological polar surface area (TPSA) is 198 Å². The fourth-order valence-corrected chi connectivity index (χ4v) is 8.38. The van der Waals surface area contributed by atoms with E-state index < -0.39 is 69.1 Å². The van der Waals surface area contributed by atoms with Crippen molar-refractivity contribution in [2.24, 2.45) is 11.8 Å². The Morgan fingerprint density at radius 1 is 0.655 bits per heavy atom. The van der Waals surface area contributed by atoms with Crippen LogP contribution < -0.4 is 0 Å². The molecule has 4 atom stereocenters. The van der Waals surface area contributed by atoms with Gasteiger partial charge in [0.25, 0.3) is 11.4 Å². The van der Waals surface area contributed by atoms with Gasteiger partial charge in [-0.05, 0) is 103 Å². The fourth-order valence-electron chi connectivity index (χ4n) is 6.73. The van der Waals surface area contributed by atoms with E-state index in [1.165, 1.54) is 57.6 Å². The molecule has 2 aromatic rings. The van der Waals surface area contributed by atoms with Crippen LogP contribution in [0.2, 0.25) is 0 Å². The number of ether oxygens (including phenoxy) is 4. The molecule has 320 valence electrons. The van der Waals surface area contributed by atoms with E-state index in [4.69, 9.17) is 18.9 Å². The van der Waals surface area contributed by atoms with Gasteiger partial charge >= 0.3 is 24.1 Å². The van der Waals surface area contributed by atoms with Crippen LogP contribution in [0.15, 0.2) is 46.2 Å². The third-order valence-corrected chi connectivity index (χ3v) is 10.8. The second-order valence-corrected chi connectivity index (χ2v) is 18.0. The summed E-state index contributed by atoms with van der Waals surface area (Å²) >= 11 is 3.02. The maximum Gasteiger partial charge on any atom is 0.410 e. The first kappa shape index (κ1) is 47.8. The lowest BCUT2D eigenvalue weighted by atomic mass is 9.93. The van der Waals surface area contributed by atoms with E-state index in [9.17, 15) is 39.4 Å². The van der Waals surface area contributed by atoms with E-state index >= 15 is 0 Å². The maximum atomic E-state index is 12.9. The molecule has 0 aliphatic carbocycles. The van der Waals surface area contributed by atoms with Gasteiger partial charge in [-0.25, -0.2) is 9.59 Å². The van der Waals surface area contributed by atoms with Gasteiger partial charge in [0, 0.05) is 47.1 Å². The van der Waals surface area contributed by atoms with Gasteiger partial charge in [0.05, 0.1) is 47.0 Å². The molecule has 2 amide bonds. The van der Waals surface area contributed by atoms with Crippen molar-refractivity contribution in [3.05, 3.63) is 67.8 Å². The number of non-ortho nitro benzene ring substituents is 2. The van der Waals surface area contributed by atoms with Crippen LogP contribution in [0, 0.1) is 32.1 Å². The smallest absolute Gasteiger partial charge is 0.410 e. The Labute approximate surface area is 348 Å². The first-order valence-corrected chi connectivity index (χ1v) is 21.3. The van der Waals surface area contributed by atoms with Gasteiger partial charge in [-0.3, -0.25) is 29.8 Å². The van der Waals surface area contributed by atoms with E-state index in [-0.39, 0.29) is 24.6 Å². The maximum absolute atomic E-state index is 12.9. The number of carbonyl (C=O) groups is 4. The minimum absolute atomic E-state index is 0.0842. The van der Waals surface area contributed by atoms with Crippen LogP contribution in [0.4, 0.5) is 21.0 Å². The van der Waals surface area contributed by atoms with Crippen molar-refractivity contribution in [3.63, 3.8) is 0 Å². The molecule has 0 saturated carbocycles. The average molecular weight is 849 g/mol. The summed E-state index contributed by atoms with van der Waals surface area (Å²) in [4.78, 5) is 77.3. The molecule has 58 heavy (non-hydrogen) atoms. The number of benzene rings is 2. The van der Waals surface area contributed by atoms with Crippen molar-refractivity contribution in [1.82, 2.24) is 9.80 Å². The fraction of sp³-hybridized carbons (Fsp3) is 0.600. The predicted molar refractivity (Wildman–Crippen MR) is 220 cm³/mol. The van der Waals surface area contributed by atoms with Crippen molar-refractivity contribution in [2.45, 2.75) is 115 Å². The van der Waals surface area contributed by atoms with E-state index in [1.54, 1.807) is 67.5 Å². The van der Waals surface area contributed by atoms with Crippen LogP contribution in [0.5, 0.6) is 0 Å². The van der Waals surface area contributed by atoms with Crippen LogP contribution >= 0.6 is 23.5 Å². The Balaban J connectivity index is 0.000000310. The zero-order valence-corrected chi connectivity index (χ0v) is 36.6. The molecule has 2 unspecified atom stereocenters. The Bertz CT molecular complexity index is 1680. The molecule has 2 aliphatic heterocycles. The largest absolute Gasteiger partial charge is 0.466 e. The molecule has 0 spiro atoms. The van der Waals surface area contributed by atoms with Crippen molar-refractivity contribution in [1.29, 1.82) is 0 Å². The number of esters is 2. The van der Waals surface area contributed by atoms with Crippen molar-refractivity contribution in [2.75, 3.05) is 37.8 Å². The number of amides is 2. The minimum Gasteiger partial charge on any atom is -0.466 e. The SMILES string of the molecule is CCOC(=O)[C@@H]1CCN(C(=O)OC(C)(C)C)C1c1cc([N+](=O)[O-])ccc1SCC.CCOC(=O)[C@H]1CCN(C(=O)OC(C)(C)C)C1c1cc([N+](=O)[O-])ccc1SCC. The highest BCUT2D eigenvalue weighted by Crippen LogP contribution is 2.45. The monoisotopic (exact) mass is 848 g/mol. The van der Waals surface area contributed by atoms with Gasteiger partial charge in [-0.2, -0.15) is 0 Å². The van der Waals surface area contributed by atoms with Gasteiger partial charge in [0.1, 0.15) is 11.2 Å². The molecule has 16 nitrogen and oxygen atoms in total. The summed E-state index contributed by atoms with van der Waals surface area (Å²) in [6, 6.07) is 7.78. The Morgan fingerprint density at radius 2 is 1.00 bits per heavy atom. The third kappa shape index (κ3) is 12.7. The molecule has 0 N–H and O–H groups in total.